The average Bonchev–Trinajstić information content (AvgIpc) is 3.50. The number of ether oxygens (including phenoxy) is 1. The van der Waals surface area contributed by atoms with Crippen molar-refractivity contribution >= 4 is 11.4 Å². The third-order valence-electron chi connectivity index (χ3n) is 8.98. The second-order valence-electron chi connectivity index (χ2n) is 11.7. The van der Waals surface area contributed by atoms with Crippen LogP contribution in [0.15, 0.2) is 60.7 Å². The molecule has 7 heteroatoms. The quantitative estimate of drug-likeness (QED) is 0.431. The summed E-state index contributed by atoms with van der Waals surface area (Å²) in [6.07, 6.45) is 3.84. The monoisotopic (exact) mass is 540 g/mol. The van der Waals surface area contributed by atoms with Crippen LogP contribution in [0.3, 0.4) is 0 Å². The number of aromatic nitrogens is 1. The molecular formula is C33H44N6O. The highest BCUT2D eigenvalue weighted by Gasteiger charge is 2.29. The van der Waals surface area contributed by atoms with Crippen LogP contribution in [-0.4, -0.2) is 93.9 Å². The van der Waals surface area contributed by atoms with Crippen molar-refractivity contribution in [3.05, 3.63) is 60.7 Å². The summed E-state index contributed by atoms with van der Waals surface area (Å²) in [5, 5.41) is 7.31. The lowest BCUT2D eigenvalue weighted by molar-refractivity contribution is 0.193. The van der Waals surface area contributed by atoms with E-state index in [-0.39, 0.29) is 0 Å². The van der Waals surface area contributed by atoms with Gasteiger partial charge in [0.25, 0.3) is 0 Å². The predicted molar refractivity (Wildman–Crippen MR) is 165 cm³/mol. The number of hydrogen-bond donors (Lipinski definition) is 2. The molecule has 40 heavy (non-hydrogen) atoms. The van der Waals surface area contributed by atoms with Gasteiger partial charge in [0.2, 0.25) is 0 Å². The zero-order valence-electron chi connectivity index (χ0n) is 24.1. The summed E-state index contributed by atoms with van der Waals surface area (Å²) in [5.74, 6) is 1.54. The fourth-order valence-corrected chi connectivity index (χ4v) is 6.39. The summed E-state index contributed by atoms with van der Waals surface area (Å²) >= 11 is 0. The molecule has 4 heterocycles. The van der Waals surface area contributed by atoms with Crippen LogP contribution in [0.1, 0.15) is 19.3 Å². The second-order valence-corrected chi connectivity index (χ2v) is 11.7. The van der Waals surface area contributed by atoms with Crippen LogP contribution >= 0.6 is 0 Å². The van der Waals surface area contributed by atoms with Gasteiger partial charge in [-0.15, -0.1) is 0 Å². The smallest absolute Gasteiger partial charge is 0.118 e. The molecule has 0 spiro atoms. The highest BCUT2D eigenvalue weighted by Crippen LogP contribution is 2.30. The van der Waals surface area contributed by atoms with Gasteiger partial charge >= 0.3 is 0 Å². The molecule has 3 saturated heterocycles. The van der Waals surface area contributed by atoms with E-state index in [2.05, 4.69) is 80.9 Å². The minimum Gasteiger partial charge on any atom is -0.497 e. The summed E-state index contributed by atoms with van der Waals surface area (Å²) < 4.78 is 5.39. The summed E-state index contributed by atoms with van der Waals surface area (Å²) in [7, 11) is 3.90. The van der Waals surface area contributed by atoms with Gasteiger partial charge in [0.15, 0.2) is 0 Å². The Morgan fingerprint density at radius 2 is 1.50 bits per heavy atom. The predicted octanol–water partition coefficient (Wildman–Crippen LogP) is 4.66. The lowest BCUT2D eigenvalue weighted by atomic mass is 10.0. The molecule has 1 aromatic heterocycles. The number of nitrogens with one attached hydrogen (secondary N) is 2. The molecule has 1 atom stereocenters. The van der Waals surface area contributed by atoms with Crippen molar-refractivity contribution in [2.75, 3.05) is 83.3 Å². The molecule has 2 N–H and O–H groups in total. The van der Waals surface area contributed by atoms with Gasteiger partial charge in [-0.1, -0.05) is 12.1 Å². The molecule has 6 rings (SSSR count). The Bertz CT molecular complexity index is 1230. The minimum absolute atomic E-state index is 0.679. The zero-order valence-corrected chi connectivity index (χ0v) is 24.1. The van der Waals surface area contributed by atoms with Gasteiger partial charge in [-0.3, -0.25) is 4.90 Å². The molecule has 0 bridgehead atoms. The Labute approximate surface area is 239 Å². The molecule has 0 radical (unpaired) electrons. The van der Waals surface area contributed by atoms with Gasteiger partial charge in [-0.05, 0) is 100 Å². The molecule has 3 aliphatic heterocycles. The van der Waals surface area contributed by atoms with Gasteiger partial charge in [-0.2, -0.15) is 0 Å². The van der Waals surface area contributed by atoms with E-state index in [1.54, 1.807) is 7.11 Å². The van der Waals surface area contributed by atoms with Gasteiger partial charge in [0.05, 0.1) is 18.5 Å². The number of methoxy groups -OCH3 is 1. The Kier molecular flexibility index (Phi) is 8.51. The average molecular weight is 541 g/mol. The maximum Gasteiger partial charge on any atom is 0.118 e. The summed E-state index contributed by atoms with van der Waals surface area (Å²) in [6.45, 7) is 10.1. The number of likely N-dealkylation sites (N-methyl/N-ethyl adjacent to an activating group) is 1. The molecule has 0 saturated carbocycles. The number of piperidine rings is 1. The molecule has 0 aliphatic carbocycles. The van der Waals surface area contributed by atoms with E-state index in [0.717, 1.165) is 85.8 Å². The number of anilines is 2. The summed E-state index contributed by atoms with van der Waals surface area (Å²) in [4.78, 5) is 12.7. The van der Waals surface area contributed by atoms with Crippen LogP contribution in [0, 0.1) is 5.92 Å². The van der Waals surface area contributed by atoms with Gasteiger partial charge in [0, 0.05) is 67.8 Å². The molecule has 2 aromatic carbocycles. The first-order chi connectivity index (χ1) is 19.6. The highest BCUT2D eigenvalue weighted by atomic mass is 16.5. The number of nitrogens with zero attached hydrogens (tertiary/aromatic N) is 4. The molecule has 7 nitrogen and oxygen atoms in total. The SMILES string of the molecule is COc1ccc(-c2cc(NCC3CCN(C4CCNCC4)C3)cc(-c3ccc(N4CCN(C)CC4)cc3)n2)cc1. The first kappa shape index (κ1) is 27.1. The largest absolute Gasteiger partial charge is 0.497 e. The normalized spacial score (nSPS) is 21.1. The number of likely N-dealkylation sites (tertiary alicyclic amines) is 1. The second kappa shape index (κ2) is 12.6. The van der Waals surface area contributed by atoms with Crippen molar-refractivity contribution in [1.29, 1.82) is 0 Å². The van der Waals surface area contributed by atoms with Crippen LogP contribution < -0.4 is 20.3 Å². The topological polar surface area (TPSA) is 55.9 Å². The van der Waals surface area contributed by atoms with Crippen LogP contribution in [0.25, 0.3) is 22.5 Å². The number of piperazine rings is 1. The fourth-order valence-electron chi connectivity index (χ4n) is 6.39. The lowest BCUT2D eigenvalue weighted by Gasteiger charge is -2.34. The molecule has 0 amide bonds. The van der Waals surface area contributed by atoms with E-state index < -0.39 is 0 Å². The van der Waals surface area contributed by atoms with Crippen LogP contribution in [0.5, 0.6) is 5.75 Å². The Balaban J connectivity index is 1.20. The van der Waals surface area contributed by atoms with Crippen molar-refractivity contribution in [1.82, 2.24) is 20.1 Å². The fraction of sp³-hybridized carbons (Fsp3) is 0.485. The standard InChI is InChI=1S/C33H44N6O/c1-37-17-19-38(20-18-37)29-7-3-26(4-8-29)32-21-28(22-33(36-32)27-5-9-31(40-2)10-6-27)35-23-25-13-16-39(24-25)30-11-14-34-15-12-30/h3-10,21-22,25,30,34H,11-20,23-24H2,1-2H3,(H,35,36). The Hall–Kier alpha value is -3.13. The third kappa shape index (κ3) is 6.43. The summed E-state index contributed by atoms with van der Waals surface area (Å²) in [5.41, 5.74) is 6.66. The van der Waals surface area contributed by atoms with Crippen molar-refractivity contribution < 1.29 is 4.74 Å². The molecule has 3 aliphatic rings. The third-order valence-corrected chi connectivity index (χ3v) is 8.98. The first-order valence-corrected chi connectivity index (χ1v) is 15.0. The van der Waals surface area contributed by atoms with Crippen molar-refractivity contribution in [2.24, 2.45) is 5.92 Å². The van der Waals surface area contributed by atoms with Gasteiger partial charge < -0.3 is 25.2 Å². The van der Waals surface area contributed by atoms with Crippen LogP contribution in [0.4, 0.5) is 11.4 Å². The first-order valence-electron chi connectivity index (χ1n) is 15.0. The molecule has 1 unspecified atom stereocenters. The van der Waals surface area contributed by atoms with Crippen LogP contribution in [-0.2, 0) is 0 Å². The summed E-state index contributed by atoms with van der Waals surface area (Å²) in [6, 6.07) is 22.3. The van der Waals surface area contributed by atoms with E-state index in [9.17, 15) is 0 Å². The van der Waals surface area contributed by atoms with Crippen molar-refractivity contribution in [3.8, 4) is 28.3 Å². The number of hydrogen-bond acceptors (Lipinski definition) is 7. The number of benzene rings is 2. The van der Waals surface area contributed by atoms with E-state index in [1.165, 1.54) is 38.0 Å². The maximum absolute atomic E-state index is 5.39. The van der Waals surface area contributed by atoms with Gasteiger partial charge in [0.1, 0.15) is 5.75 Å². The van der Waals surface area contributed by atoms with E-state index >= 15 is 0 Å². The molecule has 3 fully saturated rings. The number of pyridine rings is 1. The Morgan fingerprint density at radius 3 is 2.15 bits per heavy atom. The molecular weight excluding hydrogens is 496 g/mol. The van der Waals surface area contributed by atoms with Crippen LogP contribution in [0.2, 0.25) is 0 Å². The van der Waals surface area contributed by atoms with E-state index in [4.69, 9.17) is 9.72 Å². The van der Waals surface area contributed by atoms with E-state index in [1.807, 2.05) is 12.1 Å². The van der Waals surface area contributed by atoms with Crippen molar-refractivity contribution in [2.45, 2.75) is 25.3 Å². The lowest BCUT2D eigenvalue weighted by Crippen LogP contribution is -2.44. The molecule has 212 valence electrons. The van der Waals surface area contributed by atoms with Crippen molar-refractivity contribution in [3.63, 3.8) is 0 Å². The van der Waals surface area contributed by atoms with Gasteiger partial charge in [-0.25, -0.2) is 4.98 Å². The zero-order chi connectivity index (χ0) is 27.3. The minimum atomic E-state index is 0.679. The Morgan fingerprint density at radius 1 is 0.850 bits per heavy atom. The van der Waals surface area contributed by atoms with E-state index in [0.29, 0.717) is 5.92 Å². The highest BCUT2D eigenvalue weighted by molar-refractivity contribution is 5.73. The maximum atomic E-state index is 5.39. The number of rotatable bonds is 8. The molecule has 3 aromatic rings.